The molecule has 1 aromatic heterocycles. The molecule has 0 amide bonds. The Hall–Kier alpha value is -1.58. The minimum atomic E-state index is -0.750. The third kappa shape index (κ3) is 1.64. The molecule has 16 heavy (non-hydrogen) atoms. The molecule has 0 saturated heterocycles. The van der Waals surface area contributed by atoms with Gasteiger partial charge < -0.3 is 9.84 Å². The third-order valence-corrected chi connectivity index (χ3v) is 3.37. The molecule has 4 heteroatoms. The number of pyridine rings is 1. The molecule has 0 unspecified atom stereocenters. The smallest absolute Gasteiger partial charge is 0.314 e. The van der Waals surface area contributed by atoms with Gasteiger partial charge in [-0.15, -0.1) is 0 Å². The van der Waals surface area contributed by atoms with Gasteiger partial charge in [0.15, 0.2) is 0 Å². The van der Waals surface area contributed by atoms with E-state index in [-0.39, 0.29) is 0 Å². The summed E-state index contributed by atoms with van der Waals surface area (Å²) in [6.07, 6.45) is 6.54. The average molecular weight is 221 g/mol. The summed E-state index contributed by atoms with van der Waals surface area (Å²) in [6, 6.07) is 1.78. The van der Waals surface area contributed by atoms with E-state index < -0.39 is 11.4 Å². The van der Waals surface area contributed by atoms with Crippen LogP contribution in [0.2, 0.25) is 0 Å². The van der Waals surface area contributed by atoms with Crippen LogP contribution in [-0.4, -0.2) is 23.2 Å². The fraction of sp³-hybridized carbons (Fsp3) is 0.500. The van der Waals surface area contributed by atoms with Crippen molar-refractivity contribution in [1.29, 1.82) is 0 Å². The molecule has 1 saturated carbocycles. The summed E-state index contributed by atoms with van der Waals surface area (Å²) < 4.78 is 5.08. The van der Waals surface area contributed by atoms with E-state index >= 15 is 0 Å². The van der Waals surface area contributed by atoms with Crippen LogP contribution in [-0.2, 0) is 10.2 Å². The van der Waals surface area contributed by atoms with Gasteiger partial charge in [-0.25, -0.2) is 0 Å². The average Bonchev–Trinajstić information content (AvgIpc) is 2.79. The summed E-state index contributed by atoms with van der Waals surface area (Å²) in [5, 5.41) is 9.41. The Balaban J connectivity index is 2.43. The predicted molar refractivity (Wildman–Crippen MR) is 58.6 cm³/mol. The van der Waals surface area contributed by atoms with Crippen LogP contribution in [0, 0.1) is 0 Å². The van der Waals surface area contributed by atoms with Gasteiger partial charge in [-0.3, -0.25) is 9.78 Å². The number of carboxylic acid groups (broad SMARTS) is 1. The fourth-order valence-corrected chi connectivity index (χ4v) is 2.40. The first-order valence-electron chi connectivity index (χ1n) is 5.42. The molecule has 1 aliphatic carbocycles. The Morgan fingerprint density at radius 3 is 2.69 bits per heavy atom. The van der Waals surface area contributed by atoms with Gasteiger partial charge in [-0.1, -0.05) is 12.8 Å². The van der Waals surface area contributed by atoms with Crippen LogP contribution in [0.25, 0.3) is 0 Å². The van der Waals surface area contributed by atoms with Crippen molar-refractivity contribution < 1.29 is 14.6 Å². The lowest BCUT2D eigenvalue weighted by atomic mass is 9.80. The molecule has 0 atom stereocenters. The third-order valence-electron chi connectivity index (χ3n) is 3.37. The number of rotatable bonds is 3. The Kier molecular flexibility index (Phi) is 2.81. The normalized spacial score (nSPS) is 18.3. The summed E-state index contributed by atoms with van der Waals surface area (Å²) in [5.74, 6) is -0.134. The van der Waals surface area contributed by atoms with Crippen molar-refractivity contribution >= 4 is 5.97 Å². The first kappa shape index (κ1) is 10.9. The predicted octanol–water partition coefficient (Wildman–Crippen LogP) is 1.99. The number of carbonyl (C=O) groups is 1. The Morgan fingerprint density at radius 1 is 1.44 bits per heavy atom. The van der Waals surface area contributed by atoms with Crippen LogP contribution < -0.4 is 4.74 Å². The van der Waals surface area contributed by atoms with Crippen LogP contribution in [0.1, 0.15) is 31.2 Å². The van der Waals surface area contributed by atoms with E-state index in [9.17, 15) is 9.90 Å². The number of carboxylic acids is 1. The fourth-order valence-electron chi connectivity index (χ4n) is 2.40. The minimum Gasteiger partial charge on any atom is -0.495 e. The standard InChI is InChI=1S/C12H15NO3/c1-16-10-6-9(7-13-8-10)12(11(14)15)4-2-3-5-12/h6-8H,2-5H2,1H3,(H,14,15). The summed E-state index contributed by atoms with van der Waals surface area (Å²) in [5.41, 5.74) is 0.0125. The number of aromatic nitrogens is 1. The Morgan fingerprint density at radius 2 is 2.12 bits per heavy atom. The molecular formula is C12H15NO3. The minimum absolute atomic E-state index is 0.616. The zero-order valence-corrected chi connectivity index (χ0v) is 9.27. The summed E-state index contributed by atoms with van der Waals surface area (Å²) in [7, 11) is 1.56. The van der Waals surface area contributed by atoms with Gasteiger partial charge in [-0.05, 0) is 24.5 Å². The van der Waals surface area contributed by atoms with Crippen molar-refractivity contribution in [2.75, 3.05) is 7.11 Å². The zero-order valence-electron chi connectivity index (χ0n) is 9.27. The van der Waals surface area contributed by atoms with Crippen molar-refractivity contribution in [3.63, 3.8) is 0 Å². The van der Waals surface area contributed by atoms with Crippen LogP contribution in [0.15, 0.2) is 18.5 Å². The Labute approximate surface area is 94.3 Å². The number of ether oxygens (including phenoxy) is 1. The van der Waals surface area contributed by atoms with E-state index in [0.717, 1.165) is 18.4 Å². The number of aliphatic carboxylic acids is 1. The van der Waals surface area contributed by atoms with E-state index in [0.29, 0.717) is 18.6 Å². The lowest BCUT2D eigenvalue weighted by Crippen LogP contribution is -2.32. The molecule has 0 aliphatic heterocycles. The quantitative estimate of drug-likeness (QED) is 0.847. The SMILES string of the molecule is COc1cncc(C2(C(=O)O)CCCC2)c1. The largest absolute Gasteiger partial charge is 0.495 e. The highest BCUT2D eigenvalue weighted by atomic mass is 16.5. The van der Waals surface area contributed by atoms with E-state index in [1.807, 2.05) is 0 Å². The zero-order chi connectivity index (χ0) is 11.6. The molecule has 0 radical (unpaired) electrons. The Bertz CT molecular complexity index is 397. The van der Waals surface area contributed by atoms with Gasteiger partial charge in [0.1, 0.15) is 5.75 Å². The van der Waals surface area contributed by atoms with Gasteiger partial charge in [0.25, 0.3) is 0 Å². The molecule has 1 heterocycles. The molecule has 0 bridgehead atoms. The molecule has 1 aromatic rings. The second-order valence-corrected chi connectivity index (χ2v) is 4.21. The molecule has 1 N–H and O–H groups in total. The van der Waals surface area contributed by atoms with Gasteiger partial charge in [0, 0.05) is 6.20 Å². The summed E-state index contributed by atoms with van der Waals surface area (Å²) >= 11 is 0. The van der Waals surface area contributed by atoms with Crippen molar-refractivity contribution in [2.45, 2.75) is 31.1 Å². The van der Waals surface area contributed by atoms with E-state index in [2.05, 4.69) is 4.98 Å². The van der Waals surface area contributed by atoms with Crippen LogP contribution in [0.4, 0.5) is 0 Å². The molecular weight excluding hydrogens is 206 g/mol. The molecule has 0 spiro atoms. The maximum absolute atomic E-state index is 11.5. The van der Waals surface area contributed by atoms with Crippen molar-refractivity contribution in [1.82, 2.24) is 4.98 Å². The molecule has 0 aromatic carbocycles. The van der Waals surface area contributed by atoms with Gasteiger partial charge in [0.2, 0.25) is 0 Å². The highest BCUT2D eigenvalue weighted by Gasteiger charge is 2.43. The highest BCUT2D eigenvalue weighted by Crippen LogP contribution is 2.41. The second-order valence-electron chi connectivity index (χ2n) is 4.21. The maximum atomic E-state index is 11.5. The lowest BCUT2D eigenvalue weighted by Gasteiger charge is -2.24. The monoisotopic (exact) mass is 221 g/mol. The van der Waals surface area contributed by atoms with Crippen molar-refractivity contribution in [3.8, 4) is 5.75 Å². The van der Waals surface area contributed by atoms with Crippen LogP contribution in [0.3, 0.4) is 0 Å². The van der Waals surface area contributed by atoms with Gasteiger partial charge >= 0.3 is 5.97 Å². The second kappa shape index (κ2) is 4.12. The number of hydrogen-bond acceptors (Lipinski definition) is 3. The molecule has 4 nitrogen and oxygen atoms in total. The number of methoxy groups -OCH3 is 1. The van der Waals surface area contributed by atoms with Crippen molar-refractivity contribution in [3.05, 3.63) is 24.0 Å². The molecule has 1 fully saturated rings. The topological polar surface area (TPSA) is 59.4 Å². The number of nitrogens with zero attached hydrogens (tertiary/aromatic N) is 1. The first-order chi connectivity index (χ1) is 7.69. The van der Waals surface area contributed by atoms with Crippen molar-refractivity contribution in [2.24, 2.45) is 0 Å². The molecule has 1 aliphatic rings. The van der Waals surface area contributed by atoms with E-state index in [1.165, 1.54) is 0 Å². The highest BCUT2D eigenvalue weighted by molar-refractivity contribution is 5.81. The van der Waals surface area contributed by atoms with E-state index in [1.54, 1.807) is 25.6 Å². The van der Waals surface area contributed by atoms with Gasteiger partial charge in [0.05, 0.1) is 18.7 Å². The molecule has 86 valence electrons. The summed E-state index contributed by atoms with van der Waals surface area (Å²) in [6.45, 7) is 0. The van der Waals surface area contributed by atoms with Gasteiger partial charge in [-0.2, -0.15) is 0 Å². The van der Waals surface area contributed by atoms with E-state index in [4.69, 9.17) is 4.74 Å². The lowest BCUT2D eigenvalue weighted by molar-refractivity contribution is -0.143. The first-order valence-corrected chi connectivity index (χ1v) is 5.42. The molecule has 2 rings (SSSR count). The number of hydrogen-bond donors (Lipinski definition) is 1. The van der Waals surface area contributed by atoms with Crippen LogP contribution in [0.5, 0.6) is 5.75 Å². The van der Waals surface area contributed by atoms with Crippen LogP contribution >= 0.6 is 0 Å². The maximum Gasteiger partial charge on any atom is 0.314 e. The summed E-state index contributed by atoms with van der Waals surface area (Å²) in [4.78, 5) is 15.5.